The van der Waals surface area contributed by atoms with E-state index in [1.165, 1.54) is 18.4 Å². The molecule has 0 saturated carbocycles. The highest BCUT2D eigenvalue weighted by Gasteiger charge is 2.38. The van der Waals surface area contributed by atoms with Gasteiger partial charge in [-0.1, -0.05) is 12.1 Å². The lowest BCUT2D eigenvalue weighted by molar-refractivity contribution is -0.132. The van der Waals surface area contributed by atoms with Gasteiger partial charge in [0.15, 0.2) is 0 Å². The Balaban J connectivity index is 1.57. The standard InChI is InChI=1S/C19H27N3O2/c1-14-6-5-7-17(15(14)2)22-12-8-16(19(22)24)18(23)20-9-13-21-10-3-4-11-21/h5-7,16H,3-4,8-13H2,1-2H3,(H,20,23). The van der Waals surface area contributed by atoms with Gasteiger partial charge in [-0.25, -0.2) is 0 Å². The fourth-order valence-corrected chi connectivity index (χ4v) is 3.66. The molecule has 1 N–H and O–H groups in total. The first-order valence-corrected chi connectivity index (χ1v) is 8.95. The van der Waals surface area contributed by atoms with Gasteiger partial charge >= 0.3 is 0 Å². The molecule has 2 amide bonds. The highest BCUT2D eigenvalue weighted by atomic mass is 16.2. The van der Waals surface area contributed by atoms with Gasteiger partial charge in [-0.05, 0) is 63.4 Å². The molecule has 2 aliphatic heterocycles. The molecule has 1 atom stereocenters. The van der Waals surface area contributed by atoms with Crippen molar-refractivity contribution in [2.75, 3.05) is 37.6 Å². The number of aryl methyl sites for hydroxylation is 1. The maximum Gasteiger partial charge on any atom is 0.239 e. The summed E-state index contributed by atoms with van der Waals surface area (Å²) < 4.78 is 0. The molecule has 3 rings (SSSR count). The molecule has 5 heteroatoms. The van der Waals surface area contributed by atoms with Crippen molar-refractivity contribution < 1.29 is 9.59 Å². The van der Waals surface area contributed by atoms with E-state index in [9.17, 15) is 9.59 Å². The minimum Gasteiger partial charge on any atom is -0.354 e. The van der Waals surface area contributed by atoms with Crippen LogP contribution in [0.1, 0.15) is 30.4 Å². The average molecular weight is 329 g/mol. The zero-order valence-corrected chi connectivity index (χ0v) is 14.7. The van der Waals surface area contributed by atoms with E-state index in [4.69, 9.17) is 0 Å². The Hall–Kier alpha value is -1.88. The number of anilines is 1. The molecule has 1 unspecified atom stereocenters. The number of nitrogens with one attached hydrogen (secondary N) is 1. The molecule has 0 aliphatic carbocycles. The van der Waals surface area contributed by atoms with Gasteiger partial charge in [0.25, 0.3) is 0 Å². The van der Waals surface area contributed by atoms with E-state index in [0.29, 0.717) is 19.5 Å². The monoisotopic (exact) mass is 329 g/mol. The number of carbonyl (C=O) groups is 2. The molecular weight excluding hydrogens is 302 g/mol. The van der Waals surface area contributed by atoms with Crippen molar-refractivity contribution in [3.05, 3.63) is 29.3 Å². The second-order valence-electron chi connectivity index (χ2n) is 6.89. The molecule has 2 heterocycles. The molecule has 0 aromatic heterocycles. The van der Waals surface area contributed by atoms with E-state index in [2.05, 4.69) is 10.2 Å². The number of hydrogen-bond donors (Lipinski definition) is 1. The minimum absolute atomic E-state index is 0.0672. The molecule has 1 aromatic rings. The number of nitrogens with zero attached hydrogens (tertiary/aromatic N) is 2. The van der Waals surface area contributed by atoms with Crippen LogP contribution < -0.4 is 10.2 Å². The third kappa shape index (κ3) is 3.46. The van der Waals surface area contributed by atoms with Crippen LogP contribution in [0.15, 0.2) is 18.2 Å². The number of carbonyl (C=O) groups excluding carboxylic acids is 2. The van der Waals surface area contributed by atoms with Crippen LogP contribution in [0.3, 0.4) is 0 Å². The summed E-state index contributed by atoms with van der Waals surface area (Å²) in [6, 6.07) is 5.98. The van der Waals surface area contributed by atoms with Crippen LogP contribution in [0.5, 0.6) is 0 Å². The Morgan fingerprint density at radius 1 is 1.21 bits per heavy atom. The summed E-state index contributed by atoms with van der Waals surface area (Å²) in [5.74, 6) is -0.724. The van der Waals surface area contributed by atoms with Gasteiger partial charge in [0.2, 0.25) is 11.8 Å². The van der Waals surface area contributed by atoms with Crippen LogP contribution in [-0.2, 0) is 9.59 Å². The first kappa shape index (κ1) is 17.0. The van der Waals surface area contributed by atoms with Crippen molar-refractivity contribution in [2.45, 2.75) is 33.1 Å². The molecule has 0 radical (unpaired) electrons. The van der Waals surface area contributed by atoms with E-state index in [1.807, 2.05) is 32.0 Å². The first-order valence-electron chi connectivity index (χ1n) is 8.95. The number of amides is 2. The second kappa shape index (κ2) is 7.34. The largest absolute Gasteiger partial charge is 0.354 e. The van der Waals surface area contributed by atoms with E-state index in [1.54, 1.807) is 4.90 Å². The molecule has 0 bridgehead atoms. The van der Waals surface area contributed by atoms with E-state index >= 15 is 0 Å². The summed E-state index contributed by atoms with van der Waals surface area (Å²) in [5.41, 5.74) is 3.21. The molecule has 2 fully saturated rings. The second-order valence-corrected chi connectivity index (χ2v) is 6.89. The van der Waals surface area contributed by atoms with Crippen molar-refractivity contribution in [1.82, 2.24) is 10.2 Å². The van der Waals surface area contributed by atoms with Crippen LogP contribution in [-0.4, -0.2) is 49.4 Å². The lowest BCUT2D eigenvalue weighted by atomic mass is 10.1. The predicted molar refractivity (Wildman–Crippen MR) is 95.1 cm³/mol. The molecular formula is C19H27N3O2. The van der Waals surface area contributed by atoms with Gasteiger partial charge in [-0.15, -0.1) is 0 Å². The summed E-state index contributed by atoms with van der Waals surface area (Å²) in [6.07, 6.45) is 3.10. The lowest BCUT2D eigenvalue weighted by Crippen LogP contribution is -2.40. The van der Waals surface area contributed by atoms with Crippen molar-refractivity contribution in [2.24, 2.45) is 5.92 Å². The zero-order chi connectivity index (χ0) is 17.1. The maximum absolute atomic E-state index is 12.7. The first-order chi connectivity index (χ1) is 11.6. The van der Waals surface area contributed by atoms with Crippen molar-refractivity contribution in [1.29, 1.82) is 0 Å². The third-order valence-electron chi connectivity index (χ3n) is 5.31. The molecule has 130 valence electrons. The Kier molecular flexibility index (Phi) is 5.19. The highest BCUT2D eigenvalue weighted by Crippen LogP contribution is 2.29. The summed E-state index contributed by atoms with van der Waals surface area (Å²) >= 11 is 0. The SMILES string of the molecule is Cc1cccc(N2CCC(C(=O)NCCN3CCCC3)C2=O)c1C. The Morgan fingerprint density at radius 2 is 1.96 bits per heavy atom. The Morgan fingerprint density at radius 3 is 2.71 bits per heavy atom. The number of benzene rings is 1. The minimum atomic E-state index is -0.538. The van der Waals surface area contributed by atoms with Gasteiger partial charge in [-0.3, -0.25) is 9.59 Å². The average Bonchev–Trinajstić information content (AvgIpc) is 3.20. The molecule has 24 heavy (non-hydrogen) atoms. The topological polar surface area (TPSA) is 52.7 Å². The summed E-state index contributed by atoms with van der Waals surface area (Å²) in [5, 5.41) is 2.95. The van der Waals surface area contributed by atoms with E-state index in [0.717, 1.165) is 30.9 Å². The van der Waals surface area contributed by atoms with Crippen LogP contribution >= 0.6 is 0 Å². The van der Waals surface area contributed by atoms with Crippen LogP contribution in [0, 0.1) is 19.8 Å². The van der Waals surface area contributed by atoms with Crippen LogP contribution in [0.4, 0.5) is 5.69 Å². The zero-order valence-electron chi connectivity index (χ0n) is 14.7. The van der Waals surface area contributed by atoms with E-state index < -0.39 is 5.92 Å². The number of likely N-dealkylation sites (tertiary alicyclic amines) is 1. The highest BCUT2D eigenvalue weighted by molar-refractivity contribution is 6.09. The van der Waals surface area contributed by atoms with Crippen molar-refractivity contribution in [3.63, 3.8) is 0 Å². The summed E-state index contributed by atoms with van der Waals surface area (Å²) in [6.45, 7) is 8.45. The Labute approximate surface area is 144 Å². The molecule has 2 saturated heterocycles. The maximum atomic E-state index is 12.7. The molecule has 1 aromatic carbocycles. The molecule has 2 aliphatic rings. The van der Waals surface area contributed by atoms with E-state index in [-0.39, 0.29) is 11.8 Å². The third-order valence-corrected chi connectivity index (χ3v) is 5.31. The van der Waals surface area contributed by atoms with Gasteiger partial charge in [0.05, 0.1) is 0 Å². The summed E-state index contributed by atoms with van der Waals surface area (Å²) in [4.78, 5) is 29.2. The van der Waals surface area contributed by atoms with Crippen LogP contribution in [0.2, 0.25) is 0 Å². The van der Waals surface area contributed by atoms with Gasteiger partial charge in [0, 0.05) is 25.3 Å². The predicted octanol–water partition coefficient (Wildman–Crippen LogP) is 1.87. The quantitative estimate of drug-likeness (QED) is 0.839. The summed E-state index contributed by atoms with van der Waals surface area (Å²) in [7, 11) is 0. The molecule has 5 nitrogen and oxygen atoms in total. The van der Waals surface area contributed by atoms with Gasteiger partial charge < -0.3 is 15.1 Å². The fourth-order valence-electron chi connectivity index (χ4n) is 3.66. The van der Waals surface area contributed by atoms with Crippen LogP contribution in [0.25, 0.3) is 0 Å². The lowest BCUT2D eigenvalue weighted by Gasteiger charge is -2.20. The van der Waals surface area contributed by atoms with Crippen molar-refractivity contribution in [3.8, 4) is 0 Å². The number of rotatable bonds is 5. The molecule has 0 spiro atoms. The number of hydrogen-bond acceptors (Lipinski definition) is 3. The normalized spacial score (nSPS) is 21.5. The smallest absolute Gasteiger partial charge is 0.239 e. The van der Waals surface area contributed by atoms with Gasteiger partial charge in [0.1, 0.15) is 5.92 Å². The Bertz CT molecular complexity index is 623. The van der Waals surface area contributed by atoms with Gasteiger partial charge in [-0.2, -0.15) is 0 Å². The van der Waals surface area contributed by atoms with Crippen molar-refractivity contribution >= 4 is 17.5 Å². The fraction of sp³-hybridized carbons (Fsp3) is 0.579.